The van der Waals surface area contributed by atoms with Gasteiger partial charge in [-0.25, -0.2) is 0 Å². The summed E-state index contributed by atoms with van der Waals surface area (Å²) in [5.41, 5.74) is 5.66. The Bertz CT molecular complexity index is 544. The van der Waals surface area contributed by atoms with Gasteiger partial charge in [0.25, 0.3) is 0 Å². The van der Waals surface area contributed by atoms with Crippen LogP contribution in [0.5, 0.6) is 0 Å². The fraction of sp³-hybridized carbons (Fsp3) is 0.0769. The van der Waals surface area contributed by atoms with Crippen LogP contribution >= 0.6 is 0 Å². The van der Waals surface area contributed by atoms with Crippen LogP contribution in [0.3, 0.4) is 0 Å². The third-order valence-corrected chi connectivity index (χ3v) is 3.89. The molecule has 0 unspecified atom stereocenters. The number of hydrogen-bond donors (Lipinski definition) is 0. The number of hydrogen-bond acceptors (Lipinski definition) is 0. The van der Waals surface area contributed by atoms with Crippen LogP contribution in [0.4, 0.5) is 0 Å². The summed E-state index contributed by atoms with van der Waals surface area (Å²) < 4.78 is 2.44. The molecule has 0 saturated carbocycles. The van der Waals surface area contributed by atoms with Crippen LogP contribution in [0, 0.1) is 0 Å². The topological polar surface area (TPSA) is 0 Å². The van der Waals surface area contributed by atoms with Gasteiger partial charge in [-0.15, -0.1) is 0 Å². The first-order valence-corrected chi connectivity index (χ1v) is 6.55. The van der Waals surface area contributed by atoms with Crippen molar-refractivity contribution < 1.29 is 0 Å². The standard InChI is InChI=1S/C13H8Se2/c14-10-3-4-12-9(6-10)5-8-1-2-11(15)7-13(8)12/h1-4,6-7H,5H2. The molecule has 0 saturated heterocycles. The summed E-state index contributed by atoms with van der Waals surface area (Å²) in [6.07, 6.45) is 1.07. The second-order valence-corrected chi connectivity index (χ2v) is 5.79. The molecule has 1 aliphatic rings. The van der Waals surface area contributed by atoms with E-state index in [2.05, 4.69) is 68.4 Å². The van der Waals surface area contributed by atoms with Crippen molar-refractivity contribution in [3.05, 3.63) is 47.5 Å². The van der Waals surface area contributed by atoms with Crippen molar-refractivity contribution in [1.29, 1.82) is 0 Å². The average molecular weight is 322 g/mol. The van der Waals surface area contributed by atoms with Crippen LogP contribution in [0.15, 0.2) is 36.4 Å². The van der Waals surface area contributed by atoms with E-state index in [-0.39, 0.29) is 0 Å². The molecular formula is C13H8Se2. The van der Waals surface area contributed by atoms with E-state index in [4.69, 9.17) is 0 Å². The van der Waals surface area contributed by atoms with Gasteiger partial charge in [0, 0.05) is 0 Å². The second-order valence-electron chi connectivity index (χ2n) is 3.81. The molecule has 0 atom stereocenters. The molecule has 0 aromatic heterocycles. The van der Waals surface area contributed by atoms with E-state index < -0.39 is 0 Å². The average Bonchev–Trinajstić information content (AvgIpc) is 2.54. The van der Waals surface area contributed by atoms with Crippen molar-refractivity contribution in [2.75, 3.05) is 0 Å². The van der Waals surface area contributed by atoms with Gasteiger partial charge in [0.1, 0.15) is 0 Å². The van der Waals surface area contributed by atoms with Crippen molar-refractivity contribution in [2.45, 2.75) is 6.42 Å². The second kappa shape index (κ2) is 3.50. The van der Waals surface area contributed by atoms with Crippen molar-refractivity contribution in [2.24, 2.45) is 0 Å². The zero-order valence-corrected chi connectivity index (χ0v) is 11.4. The zero-order valence-electron chi connectivity index (χ0n) is 7.99. The molecule has 1 aliphatic carbocycles. The molecule has 2 aromatic carbocycles. The molecule has 0 bridgehead atoms. The van der Waals surface area contributed by atoms with E-state index in [1.54, 1.807) is 0 Å². The van der Waals surface area contributed by atoms with E-state index >= 15 is 0 Å². The molecule has 3 rings (SSSR count). The molecule has 0 aliphatic heterocycles. The molecule has 0 spiro atoms. The molecule has 2 heteroatoms. The van der Waals surface area contributed by atoms with Gasteiger partial charge in [-0.3, -0.25) is 0 Å². The predicted octanol–water partition coefficient (Wildman–Crippen LogP) is 0.845. The molecule has 0 N–H and O–H groups in total. The molecule has 15 heavy (non-hydrogen) atoms. The third-order valence-electron chi connectivity index (χ3n) is 2.83. The maximum absolute atomic E-state index is 3.07. The summed E-state index contributed by atoms with van der Waals surface area (Å²) in [5.74, 6) is 0. The molecule has 0 fully saturated rings. The van der Waals surface area contributed by atoms with E-state index in [0.717, 1.165) is 6.42 Å². The van der Waals surface area contributed by atoms with Crippen LogP contribution in [0.1, 0.15) is 11.1 Å². The maximum atomic E-state index is 3.07. The van der Waals surface area contributed by atoms with Gasteiger partial charge in [0.05, 0.1) is 0 Å². The van der Waals surface area contributed by atoms with Crippen LogP contribution in [-0.4, -0.2) is 32.0 Å². The minimum atomic E-state index is 1.07. The zero-order chi connectivity index (χ0) is 10.4. The Hall–Kier alpha value is -0.521. The minimum absolute atomic E-state index is 1.07. The fourth-order valence-electron chi connectivity index (χ4n) is 2.14. The van der Waals surface area contributed by atoms with Gasteiger partial charge in [-0.1, -0.05) is 0 Å². The van der Waals surface area contributed by atoms with Gasteiger partial charge in [0.15, 0.2) is 0 Å². The van der Waals surface area contributed by atoms with Crippen molar-refractivity contribution >= 4 is 40.9 Å². The molecule has 2 radical (unpaired) electrons. The van der Waals surface area contributed by atoms with Crippen LogP contribution in [-0.2, 0) is 6.42 Å². The Morgan fingerprint density at radius 2 is 1.47 bits per heavy atom. The number of rotatable bonds is 0. The summed E-state index contributed by atoms with van der Waals surface area (Å²) in [6, 6.07) is 13.2. The summed E-state index contributed by atoms with van der Waals surface area (Å²) >= 11 is 6.13. The van der Waals surface area contributed by atoms with Gasteiger partial charge in [0.2, 0.25) is 0 Å². The van der Waals surface area contributed by atoms with Gasteiger partial charge < -0.3 is 0 Å². The van der Waals surface area contributed by atoms with Crippen LogP contribution in [0.25, 0.3) is 11.1 Å². The molecule has 72 valence electrons. The molecule has 0 amide bonds. The Morgan fingerprint density at radius 1 is 0.733 bits per heavy atom. The summed E-state index contributed by atoms with van der Waals surface area (Å²) in [4.78, 5) is 0. The van der Waals surface area contributed by atoms with E-state index in [1.165, 1.54) is 31.2 Å². The van der Waals surface area contributed by atoms with Gasteiger partial charge in [-0.05, 0) is 0 Å². The van der Waals surface area contributed by atoms with Gasteiger partial charge >= 0.3 is 106 Å². The Kier molecular flexibility index (Phi) is 2.26. The van der Waals surface area contributed by atoms with E-state index in [9.17, 15) is 0 Å². The molecular weight excluding hydrogens is 314 g/mol. The first-order chi connectivity index (χ1) is 7.24. The predicted molar refractivity (Wildman–Crippen MR) is 65.5 cm³/mol. The fourth-order valence-corrected chi connectivity index (χ4v) is 2.98. The van der Waals surface area contributed by atoms with E-state index in [0.29, 0.717) is 0 Å². The summed E-state index contributed by atoms with van der Waals surface area (Å²) in [6.45, 7) is 0. The normalized spacial score (nSPS) is 12.3. The Morgan fingerprint density at radius 3 is 2.33 bits per heavy atom. The SMILES string of the molecule is [Se]c1ccc2c(c1)Cc1ccc([Se])cc1-2. The number of fused-ring (bicyclic) bond motifs is 3. The van der Waals surface area contributed by atoms with Crippen LogP contribution < -0.4 is 8.92 Å². The first-order valence-electron chi connectivity index (χ1n) is 4.84. The third kappa shape index (κ3) is 1.58. The quantitative estimate of drug-likeness (QED) is 0.538. The summed E-state index contributed by atoms with van der Waals surface area (Å²) in [7, 11) is 0. The molecule has 0 heterocycles. The van der Waals surface area contributed by atoms with Gasteiger partial charge in [-0.2, -0.15) is 0 Å². The van der Waals surface area contributed by atoms with Crippen molar-refractivity contribution in [1.82, 2.24) is 0 Å². The number of benzene rings is 2. The molecule has 2 aromatic rings. The Labute approximate surface area is 106 Å². The first kappa shape index (κ1) is 9.69. The molecule has 0 nitrogen and oxygen atoms in total. The van der Waals surface area contributed by atoms with E-state index in [1.807, 2.05) is 0 Å². The Balaban J connectivity index is 2.26. The van der Waals surface area contributed by atoms with Crippen LogP contribution in [0.2, 0.25) is 0 Å². The van der Waals surface area contributed by atoms with Crippen molar-refractivity contribution in [3.63, 3.8) is 0 Å². The van der Waals surface area contributed by atoms with Crippen molar-refractivity contribution in [3.8, 4) is 11.1 Å². The monoisotopic (exact) mass is 324 g/mol. The summed E-state index contributed by atoms with van der Waals surface area (Å²) in [5, 5.41) is 0.